The Morgan fingerprint density at radius 3 is 2.79 bits per heavy atom. The summed E-state index contributed by atoms with van der Waals surface area (Å²) in [4.78, 5) is 29.1. The van der Waals surface area contributed by atoms with E-state index in [9.17, 15) is 18.9 Å². The largest absolute Gasteiger partial charge is 0.491 e. The highest BCUT2D eigenvalue weighted by Gasteiger charge is 2.39. The standard InChI is InChI=1S/C36H47ClN4O6S/c1-23-6-5-8-33(46-2)30-13-10-27(30)20-41-19-26-9-12-29(37)16-24(26)7-3-4-15-47-34-14-11-25(18-32(34)41)35(43)39-48(45,22-23)40-36(44)38-31-17-28(31)21-42/h5,8-9,11-12,14,16,18,23,27-28,30-31,33,42H,3-4,6-7,10,13,15,17,19-22H2,1-2H3,(H2,38,39,40,43,44,45)/b8-5+/t23-,27-,28+,30+,31-,33-,48-/m0/s1. The molecule has 7 atom stereocenters. The van der Waals surface area contributed by atoms with E-state index >= 15 is 0 Å². The van der Waals surface area contributed by atoms with Crippen molar-refractivity contribution in [2.75, 3.05) is 37.5 Å². The zero-order chi connectivity index (χ0) is 33.8. The molecule has 0 spiro atoms. The van der Waals surface area contributed by atoms with Crippen LogP contribution >= 0.6 is 11.6 Å². The van der Waals surface area contributed by atoms with Crippen molar-refractivity contribution >= 4 is 39.1 Å². The molecule has 260 valence electrons. The van der Waals surface area contributed by atoms with E-state index in [0.29, 0.717) is 48.6 Å². The van der Waals surface area contributed by atoms with Crippen LogP contribution in [0.4, 0.5) is 10.5 Å². The van der Waals surface area contributed by atoms with E-state index in [4.69, 9.17) is 21.1 Å². The van der Waals surface area contributed by atoms with Crippen molar-refractivity contribution in [3.05, 3.63) is 70.3 Å². The summed E-state index contributed by atoms with van der Waals surface area (Å²) >= 11 is 6.45. The summed E-state index contributed by atoms with van der Waals surface area (Å²) in [6.07, 6.45) is 10.1. The van der Waals surface area contributed by atoms with Crippen molar-refractivity contribution in [3.8, 4) is 5.75 Å². The Balaban J connectivity index is 1.41. The molecule has 2 aliphatic heterocycles. The van der Waals surface area contributed by atoms with Gasteiger partial charge < -0.3 is 24.8 Å². The third-order valence-electron chi connectivity index (χ3n) is 10.1. The molecule has 2 aromatic rings. The number of halogens is 1. The lowest BCUT2D eigenvalue weighted by Gasteiger charge is -2.43. The molecular weight excluding hydrogens is 652 g/mol. The van der Waals surface area contributed by atoms with Gasteiger partial charge in [-0.2, -0.15) is 0 Å². The number of amides is 3. The molecule has 6 rings (SSSR count). The number of nitrogens with one attached hydrogen (secondary N) is 2. The van der Waals surface area contributed by atoms with Crippen molar-refractivity contribution in [1.82, 2.24) is 10.0 Å². The highest BCUT2D eigenvalue weighted by atomic mass is 35.5. The molecule has 2 fully saturated rings. The first-order valence-corrected chi connectivity index (χ1v) is 19.2. The molecule has 2 bridgehead atoms. The van der Waals surface area contributed by atoms with Gasteiger partial charge in [-0.05, 0) is 104 Å². The van der Waals surface area contributed by atoms with Crippen LogP contribution < -0.4 is 19.7 Å². The number of aryl methyl sites for hydroxylation is 1. The smallest absolute Gasteiger partial charge is 0.327 e. The van der Waals surface area contributed by atoms with Crippen LogP contribution in [0.1, 0.15) is 66.9 Å². The molecule has 0 unspecified atom stereocenters. The summed E-state index contributed by atoms with van der Waals surface area (Å²) < 4.78 is 33.4. The summed E-state index contributed by atoms with van der Waals surface area (Å²) in [6.45, 7) is 3.76. The van der Waals surface area contributed by atoms with Gasteiger partial charge in [0.05, 0.1) is 24.2 Å². The van der Waals surface area contributed by atoms with Crippen LogP contribution in [0.3, 0.4) is 0 Å². The third kappa shape index (κ3) is 8.35. The lowest BCUT2D eigenvalue weighted by atomic mass is 9.70. The number of fused-ring (bicyclic) bond motifs is 3. The number of ether oxygens (including phenoxy) is 2. The van der Waals surface area contributed by atoms with E-state index < -0.39 is 21.9 Å². The van der Waals surface area contributed by atoms with Crippen LogP contribution in [0.15, 0.2) is 52.9 Å². The second kappa shape index (κ2) is 15.2. The highest BCUT2D eigenvalue weighted by Crippen LogP contribution is 2.42. The Bertz CT molecular complexity index is 1660. The molecule has 4 aliphatic rings. The van der Waals surface area contributed by atoms with Gasteiger partial charge in [0, 0.05) is 49.4 Å². The Hall–Kier alpha value is -3.12. The molecule has 48 heavy (non-hydrogen) atoms. The molecule has 2 aromatic carbocycles. The van der Waals surface area contributed by atoms with Gasteiger partial charge in [0.25, 0.3) is 5.91 Å². The minimum Gasteiger partial charge on any atom is -0.491 e. The fourth-order valence-corrected chi connectivity index (χ4v) is 9.17. The number of rotatable bonds is 4. The second-order valence-corrected chi connectivity index (χ2v) is 16.3. The summed E-state index contributed by atoms with van der Waals surface area (Å²) in [5.74, 6) is 0.520. The van der Waals surface area contributed by atoms with Crippen LogP contribution in [0.2, 0.25) is 5.02 Å². The number of aliphatic hydroxyl groups excluding tert-OH is 1. The number of carbonyl (C=O) groups excluding carboxylic acids is 2. The predicted octanol–water partition coefficient (Wildman–Crippen LogP) is 5.90. The number of hydrogen-bond acceptors (Lipinski definition) is 7. The molecule has 0 radical (unpaired) electrons. The number of anilines is 1. The number of methoxy groups -OCH3 is 1. The quantitative estimate of drug-likeness (QED) is 0.339. The van der Waals surface area contributed by atoms with Gasteiger partial charge in [0.2, 0.25) is 0 Å². The Labute approximate surface area is 288 Å². The molecule has 10 nitrogen and oxygen atoms in total. The molecular formula is C36H47ClN4O6S. The lowest BCUT2D eigenvalue weighted by molar-refractivity contribution is 0.0133. The Kier molecular flexibility index (Phi) is 11.0. The molecule has 12 heteroatoms. The second-order valence-electron chi connectivity index (χ2n) is 13.8. The van der Waals surface area contributed by atoms with Crippen molar-refractivity contribution in [2.24, 2.45) is 28.0 Å². The summed E-state index contributed by atoms with van der Waals surface area (Å²) in [5, 5.41) is 12.9. The topological polar surface area (TPSA) is 130 Å². The fourth-order valence-electron chi connectivity index (χ4n) is 7.14. The summed E-state index contributed by atoms with van der Waals surface area (Å²) in [7, 11) is -1.77. The molecule has 0 saturated heterocycles. The van der Waals surface area contributed by atoms with Gasteiger partial charge in [0.1, 0.15) is 15.7 Å². The van der Waals surface area contributed by atoms with Gasteiger partial charge in [-0.25, -0.2) is 9.00 Å². The lowest BCUT2D eigenvalue weighted by Crippen LogP contribution is -2.43. The van der Waals surface area contributed by atoms with Crippen molar-refractivity contribution in [3.63, 3.8) is 0 Å². The van der Waals surface area contributed by atoms with Crippen LogP contribution in [-0.2, 0) is 27.6 Å². The minimum atomic E-state index is -3.51. The van der Waals surface area contributed by atoms with Crippen LogP contribution in [0.25, 0.3) is 0 Å². The first kappa shape index (κ1) is 34.7. The van der Waals surface area contributed by atoms with E-state index in [1.807, 2.05) is 13.0 Å². The number of hydrogen-bond donors (Lipinski definition) is 3. The average molecular weight is 699 g/mol. The van der Waals surface area contributed by atoms with E-state index in [1.165, 1.54) is 11.1 Å². The average Bonchev–Trinajstić information content (AvgIpc) is 3.79. The number of benzene rings is 2. The first-order chi connectivity index (χ1) is 23.1. The minimum absolute atomic E-state index is 0.00613. The molecule has 2 heterocycles. The van der Waals surface area contributed by atoms with Gasteiger partial charge in [0.15, 0.2) is 0 Å². The van der Waals surface area contributed by atoms with E-state index in [2.05, 4.69) is 43.6 Å². The van der Waals surface area contributed by atoms with Crippen LogP contribution in [0, 0.1) is 23.7 Å². The van der Waals surface area contributed by atoms with Crippen molar-refractivity contribution in [2.45, 2.75) is 70.6 Å². The van der Waals surface area contributed by atoms with Gasteiger partial charge >= 0.3 is 6.03 Å². The maximum atomic E-state index is 14.3. The van der Waals surface area contributed by atoms with E-state index in [-0.39, 0.29) is 41.9 Å². The molecule has 2 saturated carbocycles. The number of carbonyl (C=O) groups is 2. The predicted molar refractivity (Wildman–Crippen MR) is 188 cm³/mol. The Morgan fingerprint density at radius 2 is 2.04 bits per heavy atom. The maximum Gasteiger partial charge on any atom is 0.327 e. The number of urea groups is 1. The van der Waals surface area contributed by atoms with Crippen LogP contribution in [-0.4, -0.2) is 66.0 Å². The van der Waals surface area contributed by atoms with E-state index in [0.717, 1.165) is 44.3 Å². The zero-order valence-electron chi connectivity index (χ0n) is 27.7. The number of nitrogens with zero attached hydrogens (tertiary/aromatic N) is 2. The molecule has 3 N–H and O–H groups in total. The maximum absolute atomic E-state index is 14.3. The van der Waals surface area contributed by atoms with Crippen molar-refractivity contribution in [1.29, 1.82) is 0 Å². The van der Waals surface area contributed by atoms with Crippen molar-refractivity contribution < 1.29 is 28.4 Å². The molecule has 2 aliphatic carbocycles. The SMILES string of the molecule is CO[C@H]1/C=C/C[C@H](C)C[S@@](=O)(NC(=O)N[C@H]2C[C@@H]2CO)=NC(=O)c2ccc3c(c2)N(Cc2ccc(Cl)cc2CCCCO3)C[C@@H]2CC[C@H]21. The Morgan fingerprint density at radius 1 is 1.19 bits per heavy atom. The van der Waals surface area contributed by atoms with Gasteiger partial charge in [-0.1, -0.05) is 36.7 Å². The summed E-state index contributed by atoms with van der Waals surface area (Å²) in [6, 6.07) is 10.5. The summed E-state index contributed by atoms with van der Waals surface area (Å²) in [5.41, 5.74) is 3.42. The monoisotopic (exact) mass is 698 g/mol. The highest BCUT2D eigenvalue weighted by molar-refractivity contribution is 7.92. The third-order valence-corrected chi connectivity index (χ3v) is 12.4. The molecule has 3 amide bonds. The number of aliphatic hydroxyl groups is 1. The van der Waals surface area contributed by atoms with Gasteiger partial charge in [-0.15, -0.1) is 4.36 Å². The number of allylic oxidation sites excluding steroid dienone is 1. The zero-order valence-corrected chi connectivity index (χ0v) is 29.3. The van der Waals surface area contributed by atoms with E-state index in [1.54, 1.807) is 25.3 Å². The normalized spacial score (nSPS) is 31.3. The molecule has 0 aromatic heterocycles. The fraction of sp³-hybridized carbons (Fsp3) is 0.556. The van der Waals surface area contributed by atoms with Crippen LogP contribution in [0.5, 0.6) is 5.75 Å². The first-order valence-electron chi connectivity index (χ1n) is 17.1. The van der Waals surface area contributed by atoms with Gasteiger partial charge in [-0.3, -0.25) is 9.52 Å².